The van der Waals surface area contributed by atoms with E-state index in [0.717, 1.165) is 23.3 Å². The van der Waals surface area contributed by atoms with Crippen LogP contribution in [-0.2, 0) is 9.53 Å². The average Bonchev–Trinajstić information content (AvgIpc) is 3.23. The van der Waals surface area contributed by atoms with Crippen molar-refractivity contribution in [2.45, 2.75) is 32.7 Å². The largest absolute Gasteiger partial charge is 0.462 e. The Labute approximate surface area is 175 Å². The fourth-order valence-electron chi connectivity index (χ4n) is 3.96. The fraction of sp³-hybridized carbons (Fsp3) is 0.476. The van der Waals surface area contributed by atoms with Crippen LogP contribution in [0, 0.1) is 28.6 Å². The lowest BCUT2D eigenvalue weighted by molar-refractivity contribution is -0.138. The maximum absolute atomic E-state index is 12.3. The topological polar surface area (TPSA) is 122 Å². The molecule has 0 amide bonds. The molecule has 1 aliphatic heterocycles. The molecular weight excluding hydrogens is 382 g/mol. The number of nitriles is 2. The van der Waals surface area contributed by atoms with Crippen molar-refractivity contribution >= 4 is 22.8 Å². The third-order valence-electron chi connectivity index (χ3n) is 5.59. The molecule has 0 saturated carbocycles. The zero-order chi connectivity index (χ0) is 21.7. The molecule has 0 aromatic carbocycles. The molecule has 3 rings (SSSR count). The van der Waals surface area contributed by atoms with Crippen molar-refractivity contribution < 1.29 is 9.53 Å². The van der Waals surface area contributed by atoms with Crippen LogP contribution in [0.15, 0.2) is 29.9 Å². The molecule has 2 aromatic rings. The number of anilines is 1. The van der Waals surface area contributed by atoms with E-state index in [0.29, 0.717) is 24.7 Å². The normalized spacial score (nSPS) is 19.6. The van der Waals surface area contributed by atoms with Crippen LogP contribution >= 0.6 is 0 Å². The molecule has 30 heavy (non-hydrogen) atoms. The molecule has 0 aliphatic carbocycles. The Kier molecular flexibility index (Phi) is 6.53. The number of hydrogen-bond donors (Lipinski definition) is 1. The van der Waals surface area contributed by atoms with Crippen LogP contribution in [0.4, 0.5) is 5.82 Å². The maximum Gasteiger partial charge on any atom is 0.350 e. The summed E-state index contributed by atoms with van der Waals surface area (Å²) in [7, 11) is 1.99. The van der Waals surface area contributed by atoms with E-state index in [-0.39, 0.29) is 24.6 Å². The second-order valence-electron chi connectivity index (χ2n) is 7.32. The zero-order valence-corrected chi connectivity index (χ0v) is 17.4. The molecule has 3 heterocycles. The van der Waals surface area contributed by atoms with Gasteiger partial charge >= 0.3 is 5.97 Å². The molecule has 2 atom stereocenters. The molecular formula is C21H25N7O2. The number of piperidine rings is 1. The van der Waals surface area contributed by atoms with E-state index in [4.69, 9.17) is 4.74 Å². The molecule has 9 heteroatoms. The number of likely N-dealkylation sites (tertiary alicyclic amines) is 1. The van der Waals surface area contributed by atoms with Crippen molar-refractivity contribution in [1.82, 2.24) is 19.9 Å². The number of rotatable bonds is 6. The van der Waals surface area contributed by atoms with Crippen LogP contribution in [-0.4, -0.2) is 58.6 Å². The van der Waals surface area contributed by atoms with E-state index in [2.05, 4.69) is 32.8 Å². The number of nitrogens with one attached hydrogen (secondary N) is 1. The molecule has 0 unspecified atom stereocenters. The van der Waals surface area contributed by atoms with E-state index >= 15 is 0 Å². The van der Waals surface area contributed by atoms with Crippen LogP contribution < -0.4 is 4.90 Å². The van der Waals surface area contributed by atoms with E-state index in [1.807, 2.05) is 30.3 Å². The number of H-pyrrole nitrogens is 1. The number of aromatic amines is 1. The summed E-state index contributed by atoms with van der Waals surface area (Å²) < 4.78 is 5.03. The smallest absolute Gasteiger partial charge is 0.350 e. The highest BCUT2D eigenvalue weighted by Crippen LogP contribution is 2.31. The summed E-state index contributed by atoms with van der Waals surface area (Å²) in [5.74, 6) is 0.488. The Morgan fingerprint density at radius 1 is 1.43 bits per heavy atom. The lowest BCUT2D eigenvalue weighted by Crippen LogP contribution is -2.51. The third kappa shape index (κ3) is 4.06. The second kappa shape index (κ2) is 9.27. The predicted molar refractivity (Wildman–Crippen MR) is 111 cm³/mol. The number of ether oxygens (including phenoxy) is 1. The van der Waals surface area contributed by atoms with Crippen LogP contribution in [0.3, 0.4) is 0 Å². The lowest BCUT2D eigenvalue weighted by Gasteiger charge is -2.43. The predicted octanol–water partition coefficient (Wildman–Crippen LogP) is 2.36. The van der Waals surface area contributed by atoms with Gasteiger partial charge in [-0.2, -0.15) is 10.5 Å². The van der Waals surface area contributed by atoms with Gasteiger partial charge in [-0.05, 0) is 25.3 Å². The van der Waals surface area contributed by atoms with Crippen LogP contribution in [0.25, 0.3) is 11.0 Å². The van der Waals surface area contributed by atoms with E-state index in [1.165, 1.54) is 6.33 Å². The Bertz CT molecular complexity index is 1030. The Morgan fingerprint density at radius 2 is 2.23 bits per heavy atom. The van der Waals surface area contributed by atoms with Gasteiger partial charge in [-0.1, -0.05) is 6.92 Å². The van der Waals surface area contributed by atoms with E-state index in [9.17, 15) is 15.3 Å². The standard InChI is InChI=1S/C21H25N7O2/c1-4-30-21(29)16(11-23)17(5-8-22)28-10-7-14(2)18(12-28)27(3)20-15-6-9-24-19(15)25-13-26-20/h6,9,13-14,18H,4-5,7,10,12H2,1-3H3,(H,24,25,26)/b17-16+/t14-,18+/m1/s1. The average molecular weight is 407 g/mol. The zero-order valence-electron chi connectivity index (χ0n) is 17.4. The molecule has 0 spiro atoms. The summed E-state index contributed by atoms with van der Waals surface area (Å²) in [6, 6.07) is 6.06. The van der Waals surface area contributed by atoms with Crippen molar-refractivity contribution in [3.63, 3.8) is 0 Å². The number of nitrogens with zero attached hydrogens (tertiary/aromatic N) is 6. The van der Waals surface area contributed by atoms with E-state index < -0.39 is 5.97 Å². The van der Waals surface area contributed by atoms with E-state index in [1.54, 1.807) is 6.92 Å². The van der Waals surface area contributed by atoms with Gasteiger partial charge in [-0.15, -0.1) is 0 Å². The van der Waals surface area contributed by atoms with Gasteiger partial charge in [0.15, 0.2) is 5.57 Å². The van der Waals surface area contributed by atoms with Gasteiger partial charge in [0, 0.05) is 26.3 Å². The number of hydrogen-bond acceptors (Lipinski definition) is 8. The molecule has 0 radical (unpaired) electrons. The maximum atomic E-state index is 12.3. The number of esters is 1. The summed E-state index contributed by atoms with van der Waals surface area (Å²) in [6.07, 6.45) is 4.19. The molecule has 1 aliphatic rings. The minimum Gasteiger partial charge on any atom is -0.462 e. The molecule has 1 saturated heterocycles. The second-order valence-corrected chi connectivity index (χ2v) is 7.32. The van der Waals surface area contributed by atoms with Gasteiger partial charge < -0.3 is 19.5 Å². The third-order valence-corrected chi connectivity index (χ3v) is 5.59. The first-order chi connectivity index (χ1) is 14.5. The highest BCUT2D eigenvalue weighted by Gasteiger charge is 2.33. The number of allylic oxidation sites excluding steroid dienone is 1. The molecule has 9 nitrogen and oxygen atoms in total. The highest BCUT2D eigenvalue weighted by molar-refractivity contribution is 5.93. The first kappa shape index (κ1) is 21.1. The summed E-state index contributed by atoms with van der Waals surface area (Å²) in [4.78, 5) is 28.2. The van der Waals surface area contributed by atoms with Crippen molar-refractivity contribution in [3.05, 3.63) is 29.9 Å². The van der Waals surface area contributed by atoms with Crippen molar-refractivity contribution in [2.75, 3.05) is 31.6 Å². The van der Waals surface area contributed by atoms with Crippen molar-refractivity contribution in [1.29, 1.82) is 10.5 Å². The fourth-order valence-corrected chi connectivity index (χ4v) is 3.96. The van der Waals surface area contributed by atoms with Crippen molar-refractivity contribution in [3.8, 4) is 12.1 Å². The number of fused-ring (bicyclic) bond motifs is 1. The molecule has 0 bridgehead atoms. The minimum atomic E-state index is -0.682. The SMILES string of the molecule is CCOC(=O)/C(C#N)=C(\CC#N)N1CC[C@@H](C)[C@@H](N(C)c2ncnc3[nH]ccc23)C1. The monoisotopic (exact) mass is 407 g/mol. The first-order valence-corrected chi connectivity index (χ1v) is 9.94. The lowest BCUT2D eigenvalue weighted by atomic mass is 9.91. The van der Waals surface area contributed by atoms with Gasteiger partial charge in [0.1, 0.15) is 23.9 Å². The van der Waals surface area contributed by atoms with Gasteiger partial charge in [-0.3, -0.25) is 0 Å². The van der Waals surface area contributed by atoms with Crippen LogP contribution in [0.2, 0.25) is 0 Å². The van der Waals surface area contributed by atoms with Gasteiger partial charge in [0.2, 0.25) is 0 Å². The summed E-state index contributed by atoms with van der Waals surface area (Å²) in [5, 5.41) is 19.8. The highest BCUT2D eigenvalue weighted by atomic mass is 16.5. The van der Waals surface area contributed by atoms with Gasteiger partial charge in [-0.25, -0.2) is 14.8 Å². The molecule has 156 valence electrons. The number of carbonyl (C=O) groups is 1. The Balaban J connectivity index is 1.93. The summed E-state index contributed by atoms with van der Waals surface area (Å²) in [6.45, 7) is 5.27. The Morgan fingerprint density at radius 3 is 2.93 bits per heavy atom. The number of likely N-dealkylation sites (N-methyl/N-ethyl adjacent to an activating group) is 1. The first-order valence-electron chi connectivity index (χ1n) is 9.94. The van der Waals surface area contributed by atoms with Gasteiger partial charge in [0.05, 0.1) is 36.2 Å². The van der Waals surface area contributed by atoms with Gasteiger partial charge in [0.25, 0.3) is 0 Å². The quantitative estimate of drug-likeness (QED) is 0.440. The van der Waals surface area contributed by atoms with Crippen LogP contribution in [0.5, 0.6) is 0 Å². The molecule has 1 fully saturated rings. The number of aromatic nitrogens is 3. The summed E-state index contributed by atoms with van der Waals surface area (Å²) >= 11 is 0. The van der Waals surface area contributed by atoms with Crippen molar-refractivity contribution in [2.24, 2.45) is 5.92 Å². The Hall–Kier alpha value is -3.59. The minimum absolute atomic E-state index is 0.0257. The molecule has 2 aromatic heterocycles. The van der Waals surface area contributed by atoms with Crippen LogP contribution in [0.1, 0.15) is 26.7 Å². The number of carbonyl (C=O) groups excluding carboxylic acids is 1. The molecule has 1 N–H and O–H groups in total. The summed E-state index contributed by atoms with van der Waals surface area (Å²) in [5.41, 5.74) is 1.11.